The van der Waals surface area contributed by atoms with Crippen LogP contribution in [0.15, 0.2) is 0 Å². The summed E-state index contributed by atoms with van der Waals surface area (Å²) < 4.78 is 4.07. The summed E-state index contributed by atoms with van der Waals surface area (Å²) in [6.45, 7) is -3.50. The quantitative estimate of drug-likeness (QED) is 0.245. The first-order valence-electron chi connectivity index (χ1n) is 4.46. The third-order valence-electron chi connectivity index (χ3n) is 2.18. The monoisotopic (exact) mass is 282 g/mol. The Kier molecular flexibility index (Phi) is 4.94. The smallest absolute Gasteiger partial charge is 0.350 e. The molecule has 108 valence electrons. The van der Waals surface area contributed by atoms with E-state index in [1.807, 2.05) is 0 Å². The van der Waals surface area contributed by atoms with E-state index in [4.69, 9.17) is 30.6 Å². The molecule has 0 rings (SSSR count). The lowest BCUT2D eigenvalue weighted by Crippen LogP contribution is -2.64. The summed E-state index contributed by atoms with van der Waals surface area (Å²) in [4.78, 5) is 43.2. The maximum atomic E-state index is 10.8. The van der Waals surface area contributed by atoms with E-state index in [1.54, 1.807) is 0 Å². The Morgan fingerprint density at radius 1 is 0.684 bits per heavy atom. The summed E-state index contributed by atoms with van der Waals surface area (Å²) in [6, 6.07) is 0. The molecular weight excluding hydrogens is 272 g/mol. The second kappa shape index (κ2) is 5.60. The van der Waals surface area contributed by atoms with Crippen LogP contribution >= 0.6 is 0 Å². The summed E-state index contributed by atoms with van der Waals surface area (Å²) in [5.74, 6) is -9.32. The molecule has 0 aliphatic carbocycles. The highest BCUT2D eigenvalue weighted by Gasteiger charge is 2.60. The molecule has 0 radical (unpaired) electrons. The molecule has 11 nitrogen and oxygen atoms in total. The molecule has 0 aliphatic heterocycles. The highest BCUT2D eigenvalue weighted by Crippen LogP contribution is 2.23. The summed E-state index contributed by atoms with van der Waals surface area (Å²) in [5.41, 5.74) is -7.08. The Balaban J connectivity index is 5.91. The van der Waals surface area contributed by atoms with Gasteiger partial charge in [-0.1, -0.05) is 0 Å². The number of hydrogen-bond donors (Lipinski definition) is 6. The van der Waals surface area contributed by atoms with Crippen molar-refractivity contribution in [3.63, 3.8) is 0 Å². The summed E-state index contributed by atoms with van der Waals surface area (Å²) in [6.07, 6.45) is 0. The molecule has 19 heavy (non-hydrogen) atoms. The summed E-state index contributed by atoms with van der Waals surface area (Å²) >= 11 is 0. The van der Waals surface area contributed by atoms with Crippen molar-refractivity contribution < 1.29 is 54.6 Å². The zero-order valence-corrected chi connectivity index (χ0v) is 9.14. The zero-order chi connectivity index (χ0) is 15.4. The van der Waals surface area contributed by atoms with Crippen LogP contribution in [-0.4, -0.2) is 78.9 Å². The van der Waals surface area contributed by atoms with Gasteiger partial charge in [0.2, 0.25) is 0 Å². The fourth-order valence-corrected chi connectivity index (χ4v) is 0.990. The lowest BCUT2D eigenvalue weighted by atomic mass is 10.0. The van der Waals surface area contributed by atoms with Gasteiger partial charge in [0.05, 0.1) is 13.2 Å². The summed E-state index contributed by atoms with van der Waals surface area (Å²) in [5, 5.41) is 52.3. The fraction of sp³-hybridized carbons (Fsp3) is 0.500. The second-order valence-corrected chi connectivity index (χ2v) is 3.29. The van der Waals surface area contributed by atoms with E-state index in [9.17, 15) is 19.2 Å². The maximum absolute atomic E-state index is 10.8. The number of carboxylic acid groups (broad SMARTS) is 4. The minimum absolute atomic E-state index is 1.75. The number of rotatable bonds is 8. The predicted octanol–water partition coefficient (Wildman–Crippen LogP) is -3.20. The molecule has 0 saturated heterocycles. The number of ether oxygens (including phenoxy) is 1. The third-order valence-corrected chi connectivity index (χ3v) is 2.18. The van der Waals surface area contributed by atoms with Gasteiger partial charge < -0.3 is 35.4 Å². The molecule has 0 aliphatic rings. The van der Waals surface area contributed by atoms with Crippen LogP contribution in [0.3, 0.4) is 0 Å². The predicted molar refractivity (Wildman–Crippen MR) is 51.3 cm³/mol. The Bertz CT molecular complexity index is 345. The number of hydrogen-bond acceptors (Lipinski definition) is 7. The molecule has 11 heteroatoms. The fourth-order valence-electron chi connectivity index (χ4n) is 0.990. The van der Waals surface area contributed by atoms with Gasteiger partial charge in [0, 0.05) is 0 Å². The van der Waals surface area contributed by atoms with Gasteiger partial charge in [-0.05, 0) is 0 Å². The van der Waals surface area contributed by atoms with Crippen LogP contribution < -0.4 is 0 Å². The van der Waals surface area contributed by atoms with Crippen molar-refractivity contribution in [2.45, 2.75) is 11.2 Å². The largest absolute Gasteiger partial charge is 0.479 e. The third kappa shape index (κ3) is 2.62. The standard InChI is InChI=1S/C8H10O11/c9-1-7(3(11)12,4(13)14)19-8(2-10,5(15)16)6(17)18/h9-10H,1-2H2,(H,11,12)(H,13,14)(H,15,16)(H,17,18). The zero-order valence-electron chi connectivity index (χ0n) is 9.14. The van der Waals surface area contributed by atoms with Crippen molar-refractivity contribution in [2.75, 3.05) is 13.2 Å². The van der Waals surface area contributed by atoms with Gasteiger partial charge in [-0.15, -0.1) is 0 Å². The molecule has 0 spiro atoms. The topological polar surface area (TPSA) is 199 Å². The van der Waals surface area contributed by atoms with Gasteiger partial charge in [0.25, 0.3) is 11.2 Å². The molecule has 6 N–H and O–H groups in total. The normalized spacial score (nSPS) is 11.9. The lowest BCUT2D eigenvalue weighted by Gasteiger charge is -2.31. The lowest BCUT2D eigenvalue weighted by molar-refractivity contribution is -0.227. The molecule has 0 heterocycles. The van der Waals surface area contributed by atoms with Crippen molar-refractivity contribution in [3.8, 4) is 0 Å². The van der Waals surface area contributed by atoms with Gasteiger partial charge >= 0.3 is 23.9 Å². The van der Waals surface area contributed by atoms with E-state index >= 15 is 0 Å². The molecule has 0 saturated carbocycles. The van der Waals surface area contributed by atoms with Crippen LogP contribution in [0.2, 0.25) is 0 Å². The second-order valence-electron chi connectivity index (χ2n) is 3.29. The molecular formula is C8H10O11. The minimum Gasteiger partial charge on any atom is -0.479 e. The van der Waals surface area contributed by atoms with Gasteiger partial charge in [-0.2, -0.15) is 0 Å². The van der Waals surface area contributed by atoms with Crippen LogP contribution in [0.1, 0.15) is 0 Å². The van der Waals surface area contributed by atoms with Crippen molar-refractivity contribution >= 4 is 23.9 Å². The molecule has 0 unspecified atom stereocenters. The minimum atomic E-state index is -3.54. The Morgan fingerprint density at radius 3 is 1.00 bits per heavy atom. The van der Waals surface area contributed by atoms with E-state index in [-0.39, 0.29) is 0 Å². The molecule has 0 aromatic carbocycles. The molecule has 0 fully saturated rings. The van der Waals surface area contributed by atoms with E-state index in [0.29, 0.717) is 0 Å². The Labute approximate surface area is 104 Å². The number of aliphatic hydroxyl groups is 2. The number of carboxylic acids is 4. The van der Waals surface area contributed by atoms with E-state index in [2.05, 4.69) is 4.74 Å². The molecule has 0 amide bonds. The summed E-state index contributed by atoms with van der Waals surface area (Å²) in [7, 11) is 0. The van der Waals surface area contributed by atoms with Crippen molar-refractivity contribution in [1.82, 2.24) is 0 Å². The van der Waals surface area contributed by atoms with Crippen LogP contribution in [0.4, 0.5) is 0 Å². The number of aliphatic hydroxyl groups excluding tert-OH is 2. The van der Waals surface area contributed by atoms with Crippen LogP contribution in [0.5, 0.6) is 0 Å². The first kappa shape index (κ1) is 16.8. The molecule has 0 aromatic rings. The first-order valence-corrected chi connectivity index (χ1v) is 4.46. The van der Waals surface area contributed by atoms with Crippen LogP contribution in [0.25, 0.3) is 0 Å². The molecule has 0 aromatic heterocycles. The van der Waals surface area contributed by atoms with E-state index in [1.165, 1.54) is 0 Å². The van der Waals surface area contributed by atoms with E-state index < -0.39 is 48.3 Å². The van der Waals surface area contributed by atoms with Gasteiger partial charge in [-0.25, -0.2) is 19.2 Å². The van der Waals surface area contributed by atoms with E-state index in [0.717, 1.165) is 0 Å². The van der Waals surface area contributed by atoms with Crippen LogP contribution in [-0.2, 0) is 23.9 Å². The van der Waals surface area contributed by atoms with Gasteiger partial charge in [0.1, 0.15) is 0 Å². The highest BCUT2D eigenvalue weighted by molar-refractivity contribution is 6.06. The number of aliphatic carboxylic acids is 4. The molecule has 0 bridgehead atoms. The van der Waals surface area contributed by atoms with Gasteiger partial charge in [0.15, 0.2) is 0 Å². The van der Waals surface area contributed by atoms with Gasteiger partial charge in [-0.3, -0.25) is 0 Å². The van der Waals surface area contributed by atoms with Crippen LogP contribution in [0, 0.1) is 0 Å². The first-order chi connectivity index (χ1) is 8.60. The van der Waals surface area contributed by atoms with Crippen molar-refractivity contribution in [1.29, 1.82) is 0 Å². The Morgan fingerprint density at radius 2 is 0.895 bits per heavy atom. The molecule has 0 atom stereocenters. The van der Waals surface area contributed by atoms with Crippen molar-refractivity contribution in [3.05, 3.63) is 0 Å². The maximum Gasteiger partial charge on any atom is 0.350 e. The average Bonchev–Trinajstić information content (AvgIpc) is 2.29. The highest BCUT2D eigenvalue weighted by atomic mass is 16.6. The average molecular weight is 282 g/mol. The Hall–Kier alpha value is -2.24. The SMILES string of the molecule is O=C(O)C(CO)(OC(CO)(C(=O)O)C(=O)O)C(=O)O. The number of carbonyl (C=O) groups is 4. The van der Waals surface area contributed by atoms with Crippen molar-refractivity contribution in [2.24, 2.45) is 0 Å².